The van der Waals surface area contributed by atoms with Gasteiger partial charge in [0.15, 0.2) is 5.16 Å². The van der Waals surface area contributed by atoms with Crippen molar-refractivity contribution in [2.24, 2.45) is 0 Å². The SMILES string of the molecule is Cc1cccc(NC(=O)CCSc2nc(-c3ccccc3)c(-c3ccccc3)[nH]2)n1. The van der Waals surface area contributed by atoms with Crippen molar-refractivity contribution < 1.29 is 4.79 Å². The number of imidazole rings is 1. The van der Waals surface area contributed by atoms with Crippen molar-refractivity contribution >= 4 is 23.5 Å². The van der Waals surface area contributed by atoms with E-state index in [2.05, 4.69) is 39.6 Å². The molecule has 5 nitrogen and oxygen atoms in total. The first-order chi connectivity index (χ1) is 14.7. The van der Waals surface area contributed by atoms with Crippen molar-refractivity contribution in [1.82, 2.24) is 15.0 Å². The minimum atomic E-state index is -0.0567. The third-order valence-corrected chi connectivity index (χ3v) is 5.39. The molecule has 0 unspecified atom stereocenters. The molecular weight excluding hydrogens is 392 g/mol. The van der Waals surface area contributed by atoms with Crippen LogP contribution in [-0.2, 0) is 4.79 Å². The van der Waals surface area contributed by atoms with Crippen LogP contribution < -0.4 is 5.32 Å². The van der Waals surface area contributed by atoms with Gasteiger partial charge in [0.1, 0.15) is 5.82 Å². The Labute approximate surface area is 180 Å². The van der Waals surface area contributed by atoms with Crippen molar-refractivity contribution in [3.63, 3.8) is 0 Å². The molecule has 2 heterocycles. The van der Waals surface area contributed by atoms with Crippen molar-refractivity contribution in [2.45, 2.75) is 18.5 Å². The largest absolute Gasteiger partial charge is 0.332 e. The molecule has 0 bridgehead atoms. The minimum absolute atomic E-state index is 0.0567. The summed E-state index contributed by atoms with van der Waals surface area (Å²) in [5, 5.41) is 3.64. The van der Waals surface area contributed by atoms with E-state index in [4.69, 9.17) is 4.98 Å². The predicted molar refractivity (Wildman–Crippen MR) is 122 cm³/mol. The number of hydrogen-bond acceptors (Lipinski definition) is 4. The Morgan fingerprint density at radius 3 is 2.30 bits per heavy atom. The van der Waals surface area contributed by atoms with Gasteiger partial charge in [0.05, 0.1) is 11.4 Å². The van der Waals surface area contributed by atoms with E-state index in [0.717, 1.165) is 33.4 Å². The molecular formula is C24H22N4OS. The van der Waals surface area contributed by atoms with E-state index in [1.165, 1.54) is 11.8 Å². The molecule has 30 heavy (non-hydrogen) atoms. The molecule has 0 fully saturated rings. The van der Waals surface area contributed by atoms with Gasteiger partial charge in [0.25, 0.3) is 0 Å². The van der Waals surface area contributed by atoms with Crippen molar-refractivity contribution in [3.8, 4) is 22.5 Å². The number of hydrogen-bond donors (Lipinski definition) is 2. The molecule has 4 rings (SSSR count). The number of nitrogens with one attached hydrogen (secondary N) is 2. The Balaban J connectivity index is 1.45. The highest BCUT2D eigenvalue weighted by atomic mass is 32.2. The Morgan fingerprint density at radius 1 is 0.900 bits per heavy atom. The minimum Gasteiger partial charge on any atom is -0.332 e. The maximum Gasteiger partial charge on any atom is 0.226 e. The summed E-state index contributed by atoms with van der Waals surface area (Å²) in [6.45, 7) is 1.90. The third-order valence-electron chi connectivity index (χ3n) is 4.52. The van der Waals surface area contributed by atoms with Crippen LogP contribution in [0.3, 0.4) is 0 Å². The van der Waals surface area contributed by atoms with Crippen LogP contribution >= 0.6 is 11.8 Å². The van der Waals surface area contributed by atoms with E-state index in [1.807, 2.05) is 55.5 Å². The monoisotopic (exact) mass is 414 g/mol. The summed E-state index contributed by atoms with van der Waals surface area (Å²) >= 11 is 1.54. The summed E-state index contributed by atoms with van der Waals surface area (Å²) in [6.07, 6.45) is 0.377. The number of amides is 1. The molecule has 0 spiro atoms. The van der Waals surface area contributed by atoms with Crippen molar-refractivity contribution in [2.75, 3.05) is 11.1 Å². The molecule has 2 aromatic carbocycles. The summed E-state index contributed by atoms with van der Waals surface area (Å²) in [7, 11) is 0. The summed E-state index contributed by atoms with van der Waals surface area (Å²) in [4.78, 5) is 24.8. The maximum atomic E-state index is 12.2. The van der Waals surface area contributed by atoms with Crippen LogP contribution in [0.2, 0.25) is 0 Å². The van der Waals surface area contributed by atoms with Crippen LogP contribution in [-0.4, -0.2) is 26.6 Å². The number of aromatic amines is 1. The van der Waals surface area contributed by atoms with Crippen LogP contribution in [0.1, 0.15) is 12.1 Å². The first-order valence-corrected chi connectivity index (χ1v) is 10.7. The highest BCUT2D eigenvalue weighted by Crippen LogP contribution is 2.32. The summed E-state index contributed by atoms with van der Waals surface area (Å²) in [5.41, 5.74) is 4.91. The number of pyridine rings is 1. The van der Waals surface area contributed by atoms with Gasteiger partial charge >= 0.3 is 0 Å². The average Bonchev–Trinajstić information content (AvgIpc) is 3.19. The molecule has 0 atom stereocenters. The summed E-state index contributed by atoms with van der Waals surface area (Å²) in [5.74, 6) is 1.15. The molecule has 0 aliphatic carbocycles. The fraction of sp³-hybridized carbons (Fsp3) is 0.125. The molecule has 150 valence electrons. The number of nitrogens with zero attached hydrogens (tertiary/aromatic N) is 2. The molecule has 2 aromatic heterocycles. The number of rotatable bonds is 7. The Bertz CT molecular complexity index is 1070. The number of H-pyrrole nitrogens is 1. The number of benzene rings is 2. The van der Waals surface area contributed by atoms with Crippen molar-refractivity contribution in [3.05, 3.63) is 84.6 Å². The average molecular weight is 415 g/mol. The second-order valence-electron chi connectivity index (χ2n) is 6.81. The zero-order valence-electron chi connectivity index (χ0n) is 16.6. The lowest BCUT2D eigenvalue weighted by atomic mass is 10.1. The zero-order valence-corrected chi connectivity index (χ0v) is 17.4. The van der Waals surface area contributed by atoms with Gasteiger partial charge in [-0.15, -0.1) is 0 Å². The van der Waals surface area contributed by atoms with Crippen molar-refractivity contribution in [1.29, 1.82) is 0 Å². The molecule has 0 radical (unpaired) electrons. The van der Waals surface area contributed by atoms with Crippen LogP contribution in [0.5, 0.6) is 0 Å². The second kappa shape index (κ2) is 9.41. The molecule has 0 saturated carbocycles. The zero-order chi connectivity index (χ0) is 20.8. The number of aryl methyl sites for hydroxylation is 1. The van der Waals surface area contributed by atoms with Gasteiger partial charge in [-0.3, -0.25) is 4.79 Å². The topological polar surface area (TPSA) is 70.7 Å². The van der Waals surface area contributed by atoms with Gasteiger partial charge < -0.3 is 10.3 Å². The fourth-order valence-electron chi connectivity index (χ4n) is 3.10. The van der Waals surface area contributed by atoms with Gasteiger partial charge in [0, 0.05) is 29.0 Å². The van der Waals surface area contributed by atoms with E-state index in [1.54, 1.807) is 6.07 Å². The molecule has 6 heteroatoms. The van der Waals surface area contributed by atoms with E-state index in [0.29, 0.717) is 18.0 Å². The smallest absolute Gasteiger partial charge is 0.226 e. The third kappa shape index (κ3) is 4.96. The lowest BCUT2D eigenvalue weighted by molar-refractivity contribution is -0.115. The molecule has 2 N–H and O–H groups in total. The maximum absolute atomic E-state index is 12.2. The number of carbonyl (C=O) groups excluding carboxylic acids is 1. The van der Waals surface area contributed by atoms with E-state index in [-0.39, 0.29) is 5.91 Å². The molecule has 1 amide bonds. The van der Waals surface area contributed by atoms with Crippen LogP contribution in [0, 0.1) is 6.92 Å². The molecule has 4 aromatic rings. The normalized spacial score (nSPS) is 10.7. The Hall–Kier alpha value is -3.38. The number of aromatic nitrogens is 3. The Morgan fingerprint density at radius 2 is 1.60 bits per heavy atom. The standard InChI is InChI=1S/C24H22N4OS/c1-17-9-8-14-20(25-17)26-21(29)15-16-30-24-27-22(18-10-4-2-5-11-18)23(28-24)19-12-6-3-7-13-19/h2-14H,15-16H2,1H3,(H,27,28)(H,25,26,29). The van der Waals surface area contributed by atoms with Gasteiger partial charge in [-0.2, -0.15) is 0 Å². The highest BCUT2D eigenvalue weighted by Gasteiger charge is 2.14. The molecule has 0 aliphatic rings. The fourth-order valence-corrected chi connectivity index (χ4v) is 3.91. The van der Waals surface area contributed by atoms with Crippen LogP contribution in [0.15, 0.2) is 84.0 Å². The lowest BCUT2D eigenvalue weighted by Crippen LogP contribution is -2.13. The second-order valence-corrected chi connectivity index (χ2v) is 7.89. The highest BCUT2D eigenvalue weighted by molar-refractivity contribution is 7.99. The van der Waals surface area contributed by atoms with Gasteiger partial charge in [0.2, 0.25) is 5.91 Å². The first kappa shape index (κ1) is 19.9. The van der Waals surface area contributed by atoms with Gasteiger partial charge in [-0.1, -0.05) is 78.5 Å². The molecule has 0 saturated heterocycles. The van der Waals surface area contributed by atoms with Crippen LogP contribution in [0.25, 0.3) is 22.5 Å². The number of thioether (sulfide) groups is 1. The lowest BCUT2D eigenvalue weighted by Gasteiger charge is -2.04. The van der Waals surface area contributed by atoms with E-state index < -0.39 is 0 Å². The van der Waals surface area contributed by atoms with Crippen LogP contribution in [0.4, 0.5) is 5.82 Å². The number of anilines is 1. The predicted octanol–water partition coefficient (Wildman–Crippen LogP) is 5.57. The van der Waals surface area contributed by atoms with Gasteiger partial charge in [-0.05, 0) is 19.1 Å². The first-order valence-electron chi connectivity index (χ1n) is 9.76. The quantitative estimate of drug-likeness (QED) is 0.388. The number of carbonyl (C=O) groups is 1. The molecule has 0 aliphatic heterocycles. The summed E-state index contributed by atoms with van der Waals surface area (Å²) < 4.78 is 0. The summed E-state index contributed by atoms with van der Waals surface area (Å²) in [6, 6.07) is 25.9. The van der Waals surface area contributed by atoms with Gasteiger partial charge in [-0.25, -0.2) is 9.97 Å². The Kier molecular flexibility index (Phi) is 6.25. The van der Waals surface area contributed by atoms with E-state index >= 15 is 0 Å². The van der Waals surface area contributed by atoms with E-state index in [9.17, 15) is 4.79 Å².